The largest absolute Gasteiger partial charge is 0.508 e. The molecule has 0 unspecified atom stereocenters. The molecule has 4 heteroatoms. The Hall–Kier alpha value is -1.91. The molecule has 0 radical (unpaired) electrons. The van der Waals surface area contributed by atoms with E-state index in [-0.39, 0.29) is 0 Å². The number of aromatic hydroxyl groups is 1. The molecule has 1 fully saturated rings. The maximum atomic E-state index is 10.1. The Morgan fingerprint density at radius 2 is 1.70 bits per heavy atom. The molecule has 0 bridgehead atoms. The second kappa shape index (κ2) is 7.57. The summed E-state index contributed by atoms with van der Waals surface area (Å²) in [6.45, 7) is 0.708. The van der Waals surface area contributed by atoms with Crippen molar-refractivity contribution in [3.05, 3.63) is 48.3 Å². The summed E-state index contributed by atoms with van der Waals surface area (Å²) in [6.07, 6.45) is 8.40. The van der Waals surface area contributed by atoms with Crippen LogP contribution in [0.2, 0.25) is 0 Å². The molecule has 0 aliphatic heterocycles. The van der Waals surface area contributed by atoms with Crippen molar-refractivity contribution in [2.24, 2.45) is 0 Å². The third-order valence-corrected chi connectivity index (χ3v) is 4.81. The lowest BCUT2D eigenvalue weighted by atomic mass is 9.91. The summed E-state index contributed by atoms with van der Waals surface area (Å²) in [5.41, 5.74) is 3.19. The van der Waals surface area contributed by atoms with Crippen molar-refractivity contribution in [2.75, 3.05) is 7.05 Å². The fraction of sp³-hybridized carbons (Fsp3) is 0.421. The Morgan fingerprint density at radius 3 is 2.39 bits per heavy atom. The van der Waals surface area contributed by atoms with E-state index in [2.05, 4.69) is 21.7 Å². The molecular formula is C19H25N3O. The van der Waals surface area contributed by atoms with Crippen LogP contribution in [0.1, 0.15) is 31.2 Å². The number of rotatable bonds is 5. The minimum atomic E-state index is 0.360. The molecule has 122 valence electrons. The Bertz CT molecular complexity index is 622. The van der Waals surface area contributed by atoms with Gasteiger partial charge in [0.05, 0.1) is 0 Å². The van der Waals surface area contributed by atoms with Crippen molar-refractivity contribution in [3.63, 3.8) is 0 Å². The summed E-state index contributed by atoms with van der Waals surface area (Å²) in [5, 5.41) is 17.1. The molecule has 23 heavy (non-hydrogen) atoms. The third-order valence-electron chi connectivity index (χ3n) is 4.81. The number of hydrogen-bond acceptors (Lipinski definition) is 4. The van der Waals surface area contributed by atoms with Gasteiger partial charge in [-0.1, -0.05) is 6.07 Å². The van der Waals surface area contributed by atoms with E-state index in [4.69, 9.17) is 0 Å². The van der Waals surface area contributed by atoms with Gasteiger partial charge in [-0.25, -0.2) is 0 Å². The van der Waals surface area contributed by atoms with Crippen molar-refractivity contribution >= 4 is 0 Å². The van der Waals surface area contributed by atoms with Crippen molar-refractivity contribution in [1.29, 1.82) is 0 Å². The van der Waals surface area contributed by atoms with Crippen LogP contribution in [0.3, 0.4) is 0 Å². The van der Waals surface area contributed by atoms with Gasteiger partial charge >= 0.3 is 0 Å². The average Bonchev–Trinajstić information content (AvgIpc) is 2.62. The Balaban J connectivity index is 1.64. The number of hydrogen-bond donors (Lipinski definition) is 3. The predicted molar refractivity (Wildman–Crippen MR) is 93.3 cm³/mol. The van der Waals surface area contributed by atoms with Gasteiger partial charge in [0.2, 0.25) is 0 Å². The van der Waals surface area contributed by atoms with Crippen LogP contribution in [-0.4, -0.2) is 29.2 Å². The van der Waals surface area contributed by atoms with Crippen LogP contribution in [0, 0.1) is 0 Å². The van der Waals surface area contributed by atoms with Crippen molar-refractivity contribution in [2.45, 2.75) is 44.3 Å². The zero-order chi connectivity index (χ0) is 16.1. The first kappa shape index (κ1) is 16.0. The molecule has 0 atom stereocenters. The quantitative estimate of drug-likeness (QED) is 0.794. The monoisotopic (exact) mass is 311 g/mol. The van der Waals surface area contributed by atoms with Crippen LogP contribution < -0.4 is 10.6 Å². The van der Waals surface area contributed by atoms with Gasteiger partial charge in [0.25, 0.3) is 0 Å². The molecule has 1 aromatic carbocycles. The van der Waals surface area contributed by atoms with E-state index in [1.54, 1.807) is 18.5 Å². The minimum absolute atomic E-state index is 0.360. The van der Waals surface area contributed by atoms with Crippen molar-refractivity contribution in [1.82, 2.24) is 15.6 Å². The van der Waals surface area contributed by atoms with Crippen LogP contribution in [-0.2, 0) is 6.54 Å². The first-order valence-corrected chi connectivity index (χ1v) is 8.39. The molecule has 2 aromatic rings. The van der Waals surface area contributed by atoms with Gasteiger partial charge in [0.15, 0.2) is 0 Å². The lowest BCUT2D eigenvalue weighted by Gasteiger charge is -2.29. The standard InChI is InChI=1S/C19H25N3O/c1-20-17-3-5-18(6-4-17)22-13-16-12-15(2-7-19(16)23)14-8-10-21-11-9-14/h2,7-12,17-18,20,22-23H,3-6,13H2,1H3. The molecule has 1 aliphatic carbocycles. The normalized spacial score (nSPS) is 21.3. The molecule has 3 N–H and O–H groups in total. The van der Waals surface area contributed by atoms with Gasteiger partial charge in [0.1, 0.15) is 5.75 Å². The van der Waals surface area contributed by atoms with E-state index in [0.29, 0.717) is 24.4 Å². The molecule has 1 saturated carbocycles. The van der Waals surface area contributed by atoms with Gasteiger partial charge in [-0.15, -0.1) is 0 Å². The van der Waals surface area contributed by atoms with E-state index in [1.807, 2.05) is 25.2 Å². The summed E-state index contributed by atoms with van der Waals surface area (Å²) in [4.78, 5) is 4.05. The second-order valence-electron chi connectivity index (χ2n) is 6.30. The highest BCUT2D eigenvalue weighted by molar-refractivity contribution is 5.65. The maximum Gasteiger partial charge on any atom is 0.120 e. The van der Waals surface area contributed by atoms with Crippen LogP contribution >= 0.6 is 0 Å². The minimum Gasteiger partial charge on any atom is -0.508 e. The fourth-order valence-electron chi connectivity index (χ4n) is 3.29. The van der Waals surface area contributed by atoms with Crippen LogP contribution in [0.25, 0.3) is 11.1 Å². The number of pyridine rings is 1. The zero-order valence-electron chi connectivity index (χ0n) is 13.6. The Kier molecular flexibility index (Phi) is 5.26. The number of nitrogens with one attached hydrogen (secondary N) is 2. The highest BCUT2D eigenvalue weighted by atomic mass is 16.3. The van der Waals surface area contributed by atoms with E-state index < -0.39 is 0 Å². The molecule has 1 heterocycles. The average molecular weight is 311 g/mol. The summed E-state index contributed by atoms with van der Waals surface area (Å²) in [7, 11) is 2.04. The highest BCUT2D eigenvalue weighted by Crippen LogP contribution is 2.26. The summed E-state index contributed by atoms with van der Waals surface area (Å²) in [6, 6.07) is 11.0. The van der Waals surface area contributed by atoms with Crippen LogP contribution in [0.5, 0.6) is 5.75 Å². The molecular weight excluding hydrogens is 286 g/mol. The third kappa shape index (κ3) is 4.09. The Labute approximate surface area is 138 Å². The molecule has 1 aromatic heterocycles. The van der Waals surface area contributed by atoms with Crippen molar-refractivity contribution < 1.29 is 5.11 Å². The molecule has 4 nitrogen and oxygen atoms in total. The van der Waals surface area contributed by atoms with Gasteiger partial charge < -0.3 is 15.7 Å². The second-order valence-corrected chi connectivity index (χ2v) is 6.30. The summed E-state index contributed by atoms with van der Waals surface area (Å²) >= 11 is 0. The first-order chi connectivity index (χ1) is 11.3. The summed E-state index contributed by atoms with van der Waals surface area (Å²) in [5.74, 6) is 0.360. The number of nitrogens with zero attached hydrogens (tertiary/aromatic N) is 1. The van der Waals surface area contributed by atoms with Crippen LogP contribution in [0.15, 0.2) is 42.7 Å². The van der Waals surface area contributed by atoms with Gasteiger partial charge in [0, 0.05) is 36.6 Å². The topological polar surface area (TPSA) is 57.2 Å². The smallest absolute Gasteiger partial charge is 0.120 e. The SMILES string of the molecule is CNC1CCC(NCc2cc(-c3ccncc3)ccc2O)CC1. The fourth-order valence-corrected chi connectivity index (χ4v) is 3.29. The van der Waals surface area contributed by atoms with E-state index in [0.717, 1.165) is 16.7 Å². The molecule has 0 saturated heterocycles. The molecule has 0 spiro atoms. The lowest BCUT2D eigenvalue weighted by Crippen LogP contribution is -2.38. The Morgan fingerprint density at radius 1 is 1.00 bits per heavy atom. The maximum absolute atomic E-state index is 10.1. The summed E-state index contributed by atoms with van der Waals surface area (Å²) < 4.78 is 0. The number of phenolic OH excluding ortho intramolecular Hbond substituents is 1. The first-order valence-electron chi connectivity index (χ1n) is 8.39. The van der Waals surface area contributed by atoms with E-state index in [1.165, 1.54) is 25.7 Å². The number of phenols is 1. The predicted octanol–water partition coefficient (Wildman–Crippen LogP) is 3.07. The number of benzene rings is 1. The molecule has 1 aliphatic rings. The van der Waals surface area contributed by atoms with Crippen LogP contribution in [0.4, 0.5) is 0 Å². The highest BCUT2D eigenvalue weighted by Gasteiger charge is 2.19. The van der Waals surface area contributed by atoms with Gasteiger partial charge in [-0.2, -0.15) is 0 Å². The van der Waals surface area contributed by atoms with E-state index >= 15 is 0 Å². The number of aromatic nitrogens is 1. The van der Waals surface area contributed by atoms with E-state index in [9.17, 15) is 5.11 Å². The molecule has 3 rings (SSSR count). The van der Waals surface area contributed by atoms with Crippen molar-refractivity contribution in [3.8, 4) is 16.9 Å². The van der Waals surface area contributed by atoms with Gasteiger partial charge in [-0.3, -0.25) is 4.98 Å². The zero-order valence-corrected chi connectivity index (χ0v) is 13.6. The lowest BCUT2D eigenvalue weighted by molar-refractivity contribution is 0.316. The van der Waals surface area contributed by atoms with Gasteiger partial charge in [-0.05, 0) is 68.1 Å². The molecule has 0 amide bonds.